The minimum atomic E-state index is -0.491. The lowest BCUT2D eigenvalue weighted by molar-refractivity contribution is -0.189. The number of hydrogen-bond donors (Lipinski definition) is 1. The van der Waals surface area contributed by atoms with Crippen LogP contribution >= 0.6 is 0 Å². The molecule has 4 rings (SSSR count). The van der Waals surface area contributed by atoms with Crippen molar-refractivity contribution in [1.29, 1.82) is 0 Å². The smallest absolute Gasteiger partial charge is 0.245 e. The standard InChI is InChI=1S/C25H36N2O5/c1-14(2)21(26-15(3)28)24(29)27-11-10-19-16(13-27)12-18-22(31-19)17-8-7-9-20(30-6)23(17)32-25(18,4)5/h7-9,14,16,18-19,21-22H,10-13H2,1-6H3,(H,26,28)/t16-,18+,19+,21-,22-/m1/s1. The fourth-order valence-corrected chi connectivity index (χ4v) is 5.58. The zero-order chi connectivity index (χ0) is 23.2. The number of nitrogens with zero attached hydrogens (tertiary/aromatic N) is 1. The van der Waals surface area contributed by atoms with Crippen LogP contribution in [0, 0.1) is 17.8 Å². The first-order chi connectivity index (χ1) is 15.1. The van der Waals surface area contributed by atoms with E-state index in [1.807, 2.05) is 30.9 Å². The van der Waals surface area contributed by atoms with Crippen LogP contribution in [0.25, 0.3) is 0 Å². The highest BCUT2D eigenvalue weighted by Crippen LogP contribution is 2.55. The van der Waals surface area contributed by atoms with Gasteiger partial charge in [-0.05, 0) is 38.7 Å². The largest absolute Gasteiger partial charge is 0.493 e. The zero-order valence-corrected chi connectivity index (χ0v) is 20.0. The van der Waals surface area contributed by atoms with Gasteiger partial charge in [-0.3, -0.25) is 9.59 Å². The van der Waals surface area contributed by atoms with Crippen molar-refractivity contribution in [3.8, 4) is 11.5 Å². The Hall–Kier alpha value is -2.28. The molecule has 3 heterocycles. The molecule has 7 heteroatoms. The summed E-state index contributed by atoms with van der Waals surface area (Å²) in [7, 11) is 1.66. The van der Waals surface area contributed by atoms with Gasteiger partial charge in [-0.25, -0.2) is 0 Å². The van der Waals surface area contributed by atoms with Gasteiger partial charge < -0.3 is 24.4 Å². The molecule has 7 nitrogen and oxygen atoms in total. The number of benzene rings is 1. The molecule has 1 aromatic carbocycles. The number of carbonyl (C=O) groups is 2. The number of para-hydroxylation sites is 1. The molecule has 0 saturated carbocycles. The third-order valence-corrected chi connectivity index (χ3v) is 7.30. The lowest BCUT2D eigenvalue weighted by atomic mass is 9.70. The maximum Gasteiger partial charge on any atom is 0.245 e. The van der Waals surface area contributed by atoms with Gasteiger partial charge in [0.1, 0.15) is 11.6 Å². The van der Waals surface area contributed by atoms with Gasteiger partial charge in [-0.2, -0.15) is 0 Å². The van der Waals surface area contributed by atoms with Crippen LogP contribution in [0.4, 0.5) is 0 Å². The van der Waals surface area contributed by atoms with Crippen molar-refractivity contribution in [3.05, 3.63) is 23.8 Å². The van der Waals surface area contributed by atoms with Gasteiger partial charge in [-0.15, -0.1) is 0 Å². The topological polar surface area (TPSA) is 77.1 Å². The van der Waals surface area contributed by atoms with Crippen molar-refractivity contribution in [2.75, 3.05) is 20.2 Å². The lowest BCUT2D eigenvalue weighted by Gasteiger charge is -2.53. The molecule has 3 aliphatic heterocycles. The van der Waals surface area contributed by atoms with E-state index < -0.39 is 11.6 Å². The van der Waals surface area contributed by atoms with Crippen LogP contribution < -0.4 is 14.8 Å². The molecule has 0 aliphatic carbocycles. The average molecular weight is 445 g/mol. The monoisotopic (exact) mass is 444 g/mol. The van der Waals surface area contributed by atoms with E-state index in [1.54, 1.807) is 7.11 Å². The predicted molar refractivity (Wildman–Crippen MR) is 121 cm³/mol. The van der Waals surface area contributed by atoms with Crippen LogP contribution in [0.5, 0.6) is 11.5 Å². The highest BCUT2D eigenvalue weighted by Gasteiger charge is 2.52. The second kappa shape index (κ2) is 8.58. The van der Waals surface area contributed by atoms with Crippen LogP contribution in [0.15, 0.2) is 18.2 Å². The van der Waals surface area contributed by atoms with Gasteiger partial charge in [0.2, 0.25) is 11.8 Å². The average Bonchev–Trinajstić information content (AvgIpc) is 2.74. The lowest BCUT2D eigenvalue weighted by Crippen LogP contribution is -2.58. The molecule has 2 fully saturated rings. The molecule has 2 saturated heterocycles. The fourth-order valence-electron chi connectivity index (χ4n) is 5.58. The number of amides is 2. The first-order valence-electron chi connectivity index (χ1n) is 11.7. The molecule has 2 amide bonds. The van der Waals surface area contributed by atoms with Gasteiger partial charge in [0.25, 0.3) is 0 Å². The molecule has 1 N–H and O–H groups in total. The van der Waals surface area contributed by atoms with Gasteiger partial charge in [0, 0.05) is 37.4 Å². The zero-order valence-electron chi connectivity index (χ0n) is 20.0. The Labute approximate surface area is 190 Å². The Morgan fingerprint density at radius 1 is 1.28 bits per heavy atom. The molecule has 0 spiro atoms. The Bertz CT molecular complexity index is 883. The molecule has 1 aromatic rings. The van der Waals surface area contributed by atoms with E-state index in [0.29, 0.717) is 13.1 Å². The summed E-state index contributed by atoms with van der Waals surface area (Å²) in [5.74, 6) is 1.80. The Morgan fingerprint density at radius 3 is 2.69 bits per heavy atom. The summed E-state index contributed by atoms with van der Waals surface area (Å²) in [5, 5.41) is 2.84. The maximum absolute atomic E-state index is 13.2. The minimum absolute atomic E-state index is 0.00464. The van der Waals surface area contributed by atoms with Crippen LogP contribution in [-0.2, 0) is 14.3 Å². The normalized spacial score (nSPS) is 29.2. The van der Waals surface area contributed by atoms with E-state index >= 15 is 0 Å². The molecule has 0 radical (unpaired) electrons. The number of fused-ring (bicyclic) bond motifs is 4. The molecule has 0 aromatic heterocycles. The van der Waals surface area contributed by atoms with E-state index in [2.05, 4.69) is 25.2 Å². The van der Waals surface area contributed by atoms with Gasteiger partial charge >= 0.3 is 0 Å². The maximum atomic E-state index is 13.2. The summed E-state index contributed by atoms with van der Waals surface area (Å²) in [5.41, 5.74) is 0.636. The Balaban J connectivity index is 1.54. The third-order valence-electron chi connectivity index (χ3n) is 7.30. The molecular formula is C25H36N2O5. The van der Waals surface area contributed by atoms with Crippen molar-refractivity contribution in [2.45, 2.75) is 71.3 Å². The number of piperidine rings is 1. The van der Waals surface area contributed by atoms with Crippen molar-refractivity contribution in [1.82, 2.24) is 10.2 Å². The van der Waals surface area contributed by atoms with E-state index in [0.717, 1.165) is 29.9 Å². The minimum Gasteiger partial charge on any atom is -0.493 e. The summed E-state index contributed by atoms with van der Waals surface area (Å²) < 4.78 is 18.7. The fraction of sp³-hybridized carbons (Fsp3) is 0.680. The van der Waals surface area contributed by atoms with Crippen LogP contribution in [0.1, 0.15) is 59.1 Å². The van der Waals surface area contributed by atoms with E-state index in [4.69, 9.17) is 14.2 Å². The second-order valence-electron chi connectivity index (χ2n) is 10.3. The highest BCUT2D eigenvalue weighted by molar-refractivity contribution is 5.87. The van der Waals surface area contributed by atoms with E-state index in [9.17, 15) is 9.59 Å². The summed E-state index contributed by atoms with van der Waals surface area (Å²) in [4.78, 5) is 26.8. The van der Waals surface area contributed by atoms with E-state index in [1.165, 1.54) is 6.92 Å². The third kappa shape index (κ3) is 4.07. The highest BCUT2D eigenvalue weighted by atomic mass is 16.5. The number of carbonyl (C=O) groups excluding carboxylic acids is 2. The summed E-state index contributed by atoms with van der Waals surface area (Å²) in [6, 6.07) is 5.49. The van der Waals surface area contributed by atoms with Crippen molar-refractivity contribution < 1.29 is 23.8 Å². The van der Waals surface area contributed by atoms with Gasteiger partial charge in [0.05, 0.1) is 19.3 Å². The molecule has 0 bridgehead atoms. The van der Waals surface area contributed by atoms with Crippen molar-refractivity contribution >= 4 is 11.8 Å². The summed E-state index contributed by atoms with van der Waals surface area (Å²) >= 11 is 0. The molecule has 5 atom stereocenters. The Morgan fingerprint density at radius 2 is 2.03 bits per heavy atom. The molecule has 3 aliphatic rings. The number of hydrogen-bond acceptors (Lipinski definition) is 5. The van der Waals surface area contributed by atoms with E-state index in [-0.39, 0.29) is 41.8 Å². The molecule has 0 unspecified atom stereocenters. The van der Waals surface area contributed by atoms with Gasteiger partial charge in [-0.1, -0.05) is 26.0 Å². The van der Waals surface area contributed by atoms with Crippen molar-refractivity contribution in [3.63, 3.8) is 0 Å². The SMILES string of the molecule is COc1cccc2c1OC(C)(C)[C@H]1C[C@@H]3CN(C(=O)[C@H](NC(C)=O)C(C)C)CC[C@@H]3O[C@H]21. The number of ether oxygens (including phenoxy) is 3. The number of rotatable bonds is 4. The number of nitrogens with one attached hydrogen (secondary N) is 1. The van der Waals surface area contributed by atoms with Crippen LogP contribution in [-0.4, -0.2) is 54.7 Å². The first kappa shape index (κ1) is 22.9. The van der Waals surface area contributed by atoms with Crippen LogP contribution in [0.3, 0.4) is 0 Å². The van der Waals surface area contributed by atoms with Gasteiger partial charge in [0.15, 0.2) is 11.5 Å². The molecule has 176 valence electrons. The molecule has 32 heavy (non-hydrogen) atoms. The number of methoxy groups -OCH3 is 1. The second-order valence-corrected chi connectivity index (χ2v) is 10.3. The summed E-state index contributed by atoms with van der Waals surface area (Å²) in [6.07, 6.45) is 1.78. The Kier molecular flexibility index (Phi) is 6.14. The quantitative estimate of drug-likeness (QED) is 0.771. The summed E-state index contributed by atoms with van der Waals surface area (Å²) in [6.45, 7) is 10.9. The van der Waals surface area contributed by atoms with Crippen LogP contribution in [0.2, 0.25) is 0 Å². The number of likely N-dealkylation sites (tertiary alicyclic amines) is 1. The first-order valence-corrected chi connectivity index (χ1v) is 11.7. The molecular weight excluding hydrogens is 408 g/mol. The van der Waals surface area contributed by atoms with Crippen molar-refractivity contribution in [2.24, 2.45) is 17.8 Å². The predicted octanol–water partition coefficient (Wildman–Crippen LogP) is 3.32.